The summed E-state index contributed by atoms with van der Waals surface area (Å²) in [6, 6.07) is 12.9. The molecule has 0 atom stereocenters. The lowest BCUT2D eigenvalue weighted by Crippen LogP contribution is -1.88. The maximum Gasteiger partial charge on any atom is 0.193 e. The van der Waals surface area contributed by atoms with Crippen LogP contribution in [0.1, 0.15) is 16.7 Å². The van der Waals surface area contributed by atoms with Gasteiger partial charge in [-0.25, -0.2) is 4.85 Å². The van der Waals surface area contributed by atoms with Crippen molar-refractivity contribution in [2.45, 2.75) is 13.8 Å². The number of hydrogen-bond acceptors (Lipinski definition) is 2. The molecule has 2 rings (SSSR count). The van der Waals surface area contributed by atoms with Gasteiger partial charge in [0.1, 0.15) is 11.5 Å². The molecule has 0 aliphatic rings. The number of benzene rings is 2. The van der Waals surface area contributed by atoms with Gasteiger partial charge in [0.05, 0.1) is 18.2 Å². The molecule has 0 amide bonds. The number of nitriles is 1. The molecule has 0 spiro atoms. The van der Waals surface area contributed by atoms with Gasteiger partial charge < -0.3 is 4.74 Å². The molecule has 0 saturated carbocycles. The first kappa shape index (κ1) is 12.7. The summed E-state index contributed by atoms with van der Waals surface area (Å²) in [4.78, 5) is 3.44. The first-order valence-corrected chi connectivity index (χ1v) is 5.81. The Morgan fingerprint density at radius 3 is 2.32 bits per heavy atom. The van der Waals surface area contributed by atoms with Crippen molar-refractivity contribution >= 4 is 5.69 Å². The van der Waals surface area contributed by atoms with Gasteiger partial charge in [-0.1, -0.05) is 12.1 Å². The second-order valence-electron chi connectivity index (χ2n) is 4.25. The monoisotopic (exact) mass is 248 g/mol. The van der Waals surface area contributed by atoms with Crippen LogP contribution >= 0.6 is 0 Å². The van der Waals surface area contributed by atoms with Gasteiger partial charge in [0, 0.05) is 0 Å². The van der Waals surface area contributed by atoms with Crippen LogP contribution in [0.3, 0.4) is 0 Å². The first-order chi connectivity index (χ1) is 9.13. The summed E-state index contributed by atoms with van der Waals surface area (Å²) < 4.78 is 5.68. The molecule has 2 aromatic carbocycles. The van der Waals surface area contributed by atoms with Gasteiger partial charge in [0.2, 0.25) is 0 Å². The highest BCUT2D eigenvalue weighted by Gasteiger charge is 2.04. The number of nitrogens with zero attached hydrogens (tertiary/aromatic N) is 2. The standard InChI is InChI=1S/C16H12N2O/c1-11-4-6-14(8-13(11)10-17)19-15-7-5-12(2)16(9-15)18-3/h4-9H,1-2H3. The second kappa shape index (κ2) is 5.25. The number of hydrogen-bond donors (Lipinski definition) is 0. The molecule has 92 valence electrons. The summed E-state index contributed by atoms with van der Waals surface area (Å²) >= 11 is 0. The predicted molar refractivity (Wildman–Crippen MR) is 73.4 cm³/mol. The molecule has 0 fully saturated rings. The first-order valence-electron chi connectivity index (χ1n) is 5.81. The van der Waals surface area contributed by atoms with E-state index < -0.39 is 0 Å². The van der Waals surface area contributed by atoms with E-state index in [1.807, 2.05) is 38.1 Å². The van der Waals surface area contributed by atoms with Crippen molar-refractivity contribution in [3.05, 3.63) is 64.5 Å². The molecule has 0 bridgehead atoms. The molecule has 0 aromatic heterocycles. The molecule has 0 N–H and O–H groups in total. The highest BCUT2D eigenvalue weighted by atomic mass is 16.5. The third kappa shape index (κ3) is 2.73. The Morgan fingerprint density at radius 1 is 1.05 bits per heavy atom. The van der Waals surface area contributed by atoms with Crippen molar-refractivity contribution in [2.24, 2.45) is 0 Å². The van der Waals surface area contributed by atoms with Crippen molar-refractivity contribution in [3.8, 4) is 17.6 Å². The fourth-order valence-corrected chi connectivity index (χ4v) is 1.69. The minimum Gasteiger partial charge on any atom is -0.459 e. The highest BCUT2D eigenvalue weighted by molar-refractivity contribution is 5.56. The zero-order valence-corrected chi connectivity index (χ0v) is 10.8. The Morgan fingerprint density at radius 2 is 1.68 bits per heavy atom. The topological polar surface area (TPSA) is 37.4 Å². The fourth-order valence-electron chi connectivity index (χ4n) is 1.69. The molecule has 3 nitrogen and oxygen atoms in total. The van der Waals surface area contributed by atoms with E-state index in [1.54, 1.807) is 12.1 Å². The summed E-state index contributed by atoms with van der Waals surface area (Å²) in [5.41, 5.74) is 3.00. The smallest absolute Gasteiger partial charge is 0.193 e. The summed E-state index contributed by atoms with van der Waals surface area (Å²) in [5, 5.41) is 8.98. The average molecular weight is 248 g/mol. The zero-order valence-electron chi connectivity index (χ0n) is 10.8. The maximum atomic E-state index is 8.98. The molecule has 2 aromatic rings. The van der Waals surface area contributed by atoms with Crippen LogP contribution in [0, 0.1) is 31.8 Å². The van der Waals surface area contributed by atoms with Gasteiger partial charge in [0.25, 0.3) is 0 Å². The highest BCUT2D eigenvalue weighted by Crippen LogP contribution is 2.29. The SMILES string of the molecule is [C-]#[N+]c1cc(Oc2ccc(C)c(C#N)c2)ccc1C. The van der Waals surface area contributed by atoms with E-state index in [0.29, 0.717) is 22.7 Å². The quantitative estimate of drug-likeness (QED) is 0.733. The fraction of sp³-hybridized carbons (Fsp3) is 0.125. The van der Waals surface area contributed by atoms with Gasteiger partial charge in [-0.05, 0) is 49.2 Å². The van der Waals surface area contributed by atoms with E-state index in [9.17, 15) is 0 Å². The van der Waals surface area contributed by atoms with Crippen LogP contribution in [0.25, 0.3) is 4.85 Å². The number of aryl methyl sites for hydroxylation is 2. The van der Waals surface area contributed by atoms with Crippen LogP contribution in [-0.2, 0) is 0 Å². The number of rotatable bonds is 2. The molecular formula is C16H12N2O. The molecule has 0 unspecified atom stereocenters. The van der Waals surface area contributed by atoms with Crippen LogP contribution in [0.5, 0.6) is 11.5 Å². The van der Waals surface area contributed by atoms with E-state index >= 15 is 0 Å². The van der Waals surface area contributed by atoms with Crippen molar-refractivity contribution in [1.82, 2.24) is 0 Å². The van der Waals surface area contributed by atoms with Gasteiger partial charge in [-0.15, -0.1) is 0 Å². The minimum absolute atomic E-state index is 0.574. The molecule has 0 aliphatic heterocycles. The molecule has 3 heteroatoms. The molecule has 0 aliphatic carbocycles. The van der Waals surface area contributed by atoms with E-state index in [0.717, 1.165) is 11.1 Å². The second-order valence-corrected chi connectivity index (χ2v) is 4.25. The van der Waals surface area contributed by atoms with Crippen LogP contribution in [0.15, 0.2) is 36.4 Å². The summed E-state index contributed by atoms with van der Waals surface area (Å²) in [7, 11) is 0. The van der Waals surface area contributed by atoms with Crippen LogP contribution < -0.4 is 4.74 Å². The van der Waals surface area contributed by atoms with Crippen LogP contribution in [-0.4, -0.2) is 0 Å². The van der Waals surface area contributed by atoms with Crippen molar-refractivity contribution in [2.75, 3.05) is 0 Å². The lowest BCUT2D eigenvalue weighted by atomic mass is 10.1. The summed E-state index contributed by atoms with van der Waals surface area (Å²) in [5.74, 6) is 1.20. The van der Waals surface area contributed by atoms with E-state index in [-0.39, 0.29) is 0 Å². The van der Waals surface area contributed by atoms with Gasteiger partial charge in [0.15, 0.2) is 5.69 Å². The van der Waals surface area contributed by atoms with Crippen LogP contribution in [0.2, 0.25) is 0 Å². The van der Waals surface area contributed by atoms with Crippen LogP contribution in [0.4, 0.5) is 5.69 Å². The lowest BCUT2D eigenvalue weighted by Gasteiger charge is -2.08. The third-order valence-electron chi connectivity index (χ3n) is 2.87. The Bertz CT molecular complexity index is 644. The van der Waals surface area contributed by atoms with E-state index in [2.05, 4.69) is 10.9 Å². The third-order valence-corrected chi connectivity index (χ3v) is 2.87. The van der Waals surface area contributed by atoms with Crippen molar-refractivity contribution in [1.29, 1.82) is 5.26 Å². The Labute approximate surface area is 112 Å². The van der Waals surface area contributed by atoms with Gasteiger partial charge >= 0.3 is 0 Å². The van der Waals surface area contributed by atoms with Crippen molar-refractivity contribution in [3.63, 3.8) is 0 Å². The lowest BCUT2D eigenvalue weighted by molar-refractivity contribution is 0.482. The molecular weight excluding hydrogens is 236 g/mol. The Kier molecular flexibility index (Phi) is 3.50. The number of ether oxygens (including phenoxy) is 1. The van der Waals surface area contributed by atoms with Gasteiger partial charge in [-0.2, -0.15) is 5.26 Å². The van der Waals surface area contributed by atoms with Gasteiger partial charge in [-0.3, -0.25) is 0 Å². The Hall–Kier alpha value is -2.78. The van der Waals surface area contributed by atoms with E-state index in [4.69, 9.17) is 16.6 Å². The summed E-state index contributed by atoms with van der Waals surface area (Å²) in [6.45, 7) is 10.8. The normalized spacial score (nSPS) is 9.47. The van der Waals surface area contributed by atoms with Crippen molar-refractivity contribution < 1.29 is 4.74 Å². The predicted octanol–water partition coefficient (Wildman–Crippen LogP) is 4.52. The Balaban J connectivity index is 2.32. The molecule has 0 radical (unpaired) electrons. The maximum absolute atomic E-state index is 8.98. The zero-order chi connectivity index (χ0) is 13.8. The molecule has 0 saturated heterocycles. The average Bonchev–Trinajstić information content (AvgIpc) is 2.43. The summed E-state index contributed by atoms with van der Waals surface area (Å²) in [6.07, 6.45) is 0. The largest absolute Gasteiger partial charge is 0.459 e. The molecule has 0 heterocycles. The molecule has 19 heavy (non-hydrogen) atoms. The van der Waals surface area contributed by atoms with E-state index in [1.165, 1.54) is 0 Å². The minimum atomic E-state index is 0.574.